The van der Waals surface area contributed by atoms with Gasteiger partial charge >= 0.3 is 10.2 Å². The highest BCUT2D eigenvalue weighted by atomic mass is 32.3. The first-order valence-corrected chi connectivity index (χ1v) is 14.4. The van der Waals surface area contributed by atoms with Gasteiger partial charge in [0.05, 0.1) is 22.8 Å². The predicted molar refractivity (Wildman–Crippen MR) is 152 cm³/mol. The van der Waals surface area contributed by atoms with E-state index >= 15 is 0 Å². The van der Waals surface area contributed by atoms with Crippen molar-refractivity contribution in [1.82, 2.24) is 25.9 Å². The van der Waals surface area contributed by atoms with Crippen molar-refractivity contribution in [3.63, 3.8) is 0 Å². The van der Waals surface area contributed by atoms with Crippen molar-refractivity contribution in [2.75, 3.05) is 26.7 Å². The Hall–Kier alpha value is -4.30. The maximum atomic E-state index is 13.5. The third-order valence-electron chi connectivity index (χ3n) is 5.88. The van der Waals surface area contributed by atoms with Crippen molar-refractivity contribution in [2.45, 2.75) is 36.5 Å². The molecule has 0 radical (unpaired) electrons. The standard InChI is InChI=1S/C25H26F2N4O4S.C3H8N2O/c26-21-5-1-3-18(13-21)14-22-15-29-16-24(31-22)19(4-2-11-28-17-32)10-12-30-25(33)20-6-8-23(9-7-20)36(27,34)35;1-5-2-3(4)6/h1,3,5-9,13,15-17,19H,2,4,10-12,14H2,(H,28,32)(H,30,33);5H,2H2,1H3,(H2,4,6). The van der Waals surface area contributed by atoms with Crippen molar-refractivity contribution in [2.24, 2.45) is 5.73 Å². The molecule has 0 spiro atoms. The Morgan fingerprint density at radius 3 is 2.40 bits per heavy atom. The topological polar surface area (TPSA) is 173 Å². The second-order valence-corrected chi connectivity index (χ2v) is 10.5. The molecule has 0 saturated heterocycles. The fraction of sp³-hybridized carbons (Fsp3) is 0.321. The van der Waals surface area contributed by atoms with Gasteiger partial charge in [-0.2, -0.15) is 8.42 Å². The number of hydrogen-bond acceptors (Lipinski definition) is 8. The zero-order valence-electron chi connectivity index (χ0n) is 23.1. The molecule has 0 aliphatic rings. The highest BCUT2D eigenvalue weighted by Gasteiger charge is 2.17. The van der Waals surface area contributed by atoms with Gasteiger partial charge in [0.1, 0.15) is 5.82 Å². The minimum Gasteiger partial charge on any atom is -0.369 e. The van der Waals surface area contributed by atoms with Crippen LogP contribution in [0, 0.1) is 5.82 Å². The van der Waals surface area contributed by atoms with E-state index in [4.69, 9.17) is 10.7 Å². The van der Waals surface area contributed by atoms with Crippen LogP contribution in [0.5, 0.6) is 0 Å². The number of nitrogens with one attached hydrogen (secondary N) is 3. The van der Waals surface area contributed by atoms with Crippen LogP contribution in [0.4, 0.5) is 8.28 Å². The molecule has 2 aromatic carbocycles. The molecule has 42 heavy (non-hydrogen) atoms. The summed E-state index contributed by atoms with van der Waals surface area (Å²) < 4.78 is 48.5. The van der Waals surface area contributed by atoms with E-state index in [0.29, 0.717) is 50.9 Å². The third-order valence-corrected chi connectivity index (χ3v) is 6.72. The van der Waals surface area contributed by atoms with Gasteiger partial charge < -0.3 is 21.7 Å². The van der Waals surface area contributed by atoms with Crippen molar-refractivity contribution >= 4 is 28.4 Å². The molecule has 14 heteroatoms. The summed E-state index contributed by atoms with van der Waals surface area (Å²) in [5.41, 5.74) is 7.08. The van der Waals surface area contributed by atoms with E-state index in [9.17, 15) is 31.1 Å². The summed E-state index contributed by atoms with van der Waals surface area (Å²) in [6, 6.07) is 10.8. The van der Waals surface area contributed by atoms with Gasteiger partial charge in [0, 0.05) is 43.4 Å². The monoisotopic (exact) mass is 604 g/mol. The van der Waals surface area contributed by atoms with Crippen molar-refractivity contribution in [3.05, 3.63) is 89.3 Å². The Labute approximate surface area is 243 Å². The molecule has 3 rings (SSSR count). The number of benzene rings is 2. The third kappa shape index (κ3) is 12.5. The molecule has 1 aromatic heterocycles. The summed E-state index contributed by atoms with van der Waals surface area (Å²) >= 11 is 0. The normalized spacial score (nSPS) is 11.5. The highest BCUT2D eigenvalue weighted by Crippen LogP contribution is 2.23. The van der Waals surface area contributed by atoms with Crippen molar-refractivity contribution in [3.8, 4) is 0 Å². The maximum Gasteiger partial charge on any atom is 0.332 e. The lowest BCUT2D eigenvalue weighted by molar-refractivity contribution is -0.117. The van der Waals surface area contributed by atoms with E-state index < -0.39 is 21.0 Å². The van der Waals surface area contributed by atoms with Gasteiger partial charge in [0.25, 0.3) is 5.91 Å². The number of likely N-dealkylation sites (N-methyl/N-ethyl adjacent to an activating group) is 1. The number of hydrogen-bond donors (Lipinski definition) is 4. The molecule has 0 saturated carbocycles. The summed E-state index contributed by atoms with van der Waals surface area (Å²) in [4.78, 5) is 41.2. The van der Waals surface area contributed by atoms with Crippen LogP contribution in [0.25, 0.3) is 0 Å². The molecular weight excluding hydrogens is 570 g/mol. The van der Waals surface area contributed by atoms with Crippen molar-refractivity contribution < 1.29 is 31.1 Å². The predicted octanol–water partition coefficient (Wildman–Crippen LogP) is 1.99. The summed E-state index contributed by atoms with van der Waals surface area (Å²) in [5, 5.41) is 7.99. The van der Waals surface area contributed by atoms with Crippen LogP contribution >= 0.6 is 0 Å². The quantitative estimate of drug-likeness (QED) is 0.116. The maximum absolute atomic E-state index is 13.5. The molecule has 5 N–H and O–H groups in total. The number of carbonyl (C=O) groups is 3. The number of rotatable bonds is 15. The van der Waals surface area contributed by atoms with Gasteiger partial charge in [-0.25, -0.2) is 4.39 Å². The van der Waals surface area contributed by atoms with Gasteiger partial charge in [0.2, 0.25) is 12.3 Å². The summed E-state index contributed by atoms with van der Waals surface area (Å²) in [6.45, 7) is 1.05. The Morgan fingerprint density at radius 2 is 1.81 bits per heavy atom. The number of amides is 3. The van der Waals surface area contributed by atoms with Crippen LogP contribution in [0.1, 0.15) is 52.5 Å². The van der Waals surface area contributed by atoms with Crippen LogP contribution in [0.3, 0.4) is 0 Å². The lowest BCUT2D eigenvalue weighted by Crippen LogP contribution is -2.26. The lowest BCUT2D eigenvalue weighted by Gasteiger charge is -2.17. The molecule has 1 atom stereocenters. The number of carbonyl (C=O) groups excluding carboxylic acids is 3. The highest BCUT2D eigenvalue weighted by molar-refractivity contribution is 7.86. The van der Waals surface area contributed by atoms with Crippen molar-refractivity contribution in [1.29, 1.82) is 0 Å². The Bertz CT molecular complexity index is 1420. The average Bonchev–Trinajstić information content (AvgIpc) is 2.94. The molecule has 11 nitrogen and oxygen atoms in total. The van der Waals surface area contributed by atoms with Crippen LogP contribution in [0.15, 0.2) is 65.8 Å². The minimum atomic E-state index is -4.83. The van der Waals surface area contributed by atoms with E-state index in [-0.39, 0.29) is 29.8 Å². The fourth-order valence-corrected chi connectivity index (χ4v) is 4.38. The van der Waals surface area contributed by atoms with E-state index in [1.165, 1.54) is 24.3 Å². The van der Waals surface area contributed by atoms with Gasteiger partial charge in [-0.05, 0) is 68.3 Å². The summed E-state index contributed by atoms with van der Waals surface area (Å²) in [6.07, 6.45) is 6.23. The fourth-order valence-electron chi connectivity index (χ4n) is 3.92. The van der Waals surface area contributed by atoms with Crippen LogP contribution in [0.2, 0.25) is 0 Å². The number of halogens is 2. The zero-order chi connectivity index (χ0) is 31.0. The Balaban J connectivity index is 0.000000928. The second kappa shape index (κ2) is 17.5. The molecule has 0 fully saturated rings. The Kier molecular flexibility index (Phi) is 14.1. The first kappa shape index (κ1) is 33.9. The van der Waals surface area contributed by atoms with E-state index in [1.807, 2.05) is 6.07 Å². The van der Waals surface area contributed by atoms with E-state index in [1.54, 1.807) is 25.5 Å². The number of primary amides is 1. The van der Waals surface area contributed by atoms with Gasteiger partial charge in [-0.3, -0.25) is 24.4 Å². The number of nitrogens with two attached hydrogens (primary N) is 1. The van der Waals surface area contributed by atoms with E-state index in [2.05, 4.69) is 20.9 Å². The largest absolute Gasteiger partial charge is 0.369 e. The van der Waals surface area contributed by atoms with Crippen LogP contribution in [-0.4, -0.2) is 63.3 Å². The molecule has 1 heterocycles. The molecule has 0 aliphatic carbocycles. The lowest BCUT2D eigenvalue weighted by atomic mass is 9.95. The molecule has 3 amide bonds. The zero-order valence-corrected chi connectivity index (χ0v) is 23.9. The summed E-state index contributed by atoms with van der Waals surface area (Å²) in [7, 11) is -3.16. The van der Waals surface area contributed by atoms with E-state index in [0.717, 1.165) is 23.4 Å². The molecular formula is C28H34F2N6O5S. The number of aromatic nitrogens is 2. The molecule has 0 aliphatic heterocycles. The molecule has 226 valence electrons. The second-order valence-electron chi connectivity index (χ2n) is 9.16. The van der Waals surface area contributed by atoms with Gasteiger partial charge in [-0.1, -0.05) is 12.1 Å². The first-order chi connectivity index (χ1) is 20.0. The average molecular weight is 605 g/mol. The molecule has 0 bridgehead atoms. The Morgan fingerprint density at radius 1 is 1.07 bits per heavy atom. The van der Waals surface area contributed by atoms with Gasteiger partial charge in [0.15, 0.2) is 0 Å². The van der Waals surface area contributed by atoms with Crippen LogP contribution in [-0.2, 0) is 26.2 Å². The minimum absolute atomic E-state index is 0.0715. The molecule has 3 aromatic rings. The smallest absolute Gasteiger partial charge is 0.332 e. The summed E-state index contributed by atoms with van der Waals surface area (Å²) in [5.74, 6) is -1.14. The number of nitrogens with zero attached hydrogens (tertiary/aromatic N) is 2. The van der Waals surface area contributed by atoms with Crippen LogP contribution < -0.4 is 21.7 Å². The SMILES string of the molecule is CNCC(N)=O.O=CNCCCC(CCNC(=O)c1ccc(S(=O)(=O)F)cc1)c1cncc(Cc2cccc(F)c2)n1. The van der Waals surface area contributed by atoms with Gasteiger partial charge in [-0.15, -0.1) is 3.89 Å². The molecule has 1 unspecified atom stereocenters. The first-order valence-electron chi connectivity index (χ1n) is 13.0.